The van der Waals surface area contributed by atoms with Crippen molar-refractivity contribution < 1.29 is 9.90 Å². The van der Waals surface area contributed by atoms with E-state index in [9.17, 15) is 4.79 Å². The van der Waals surface area contributed by atoms with Gasteiger partial charge in [-0.15, -0.1) is 11.3 Å². The normalized spacial score (nSPS) is 10.8. The van der Waals surface area contributed by atoms with Crippen LogP contribution in [0.4, 0.5) is 0 Å². The Labute approximate surface area is 101 Å². The van der Waals surface area contributed by atoms with Gasteiger partial charge in [0.05, 0.1) is 16.0 Å². The molecule has 3 rings (SSSR count). The van der Waals surface area contributed by atoms with E-state index >= 15 is 0 Å². The van der Waals surface area contributed by atoms with Crippen LogP contribution in [0.3, 0.4) is 0 Å². The number of para-hydroxylation sites is 1. The molecular weight excluding hydrogens is 236 g/mol. The highest BCUT2D eigenvalue weighted by atomic mass is 32.1. The van der Waals surface area contributed by atoms with Gasteiger partial charge in [-0.2, -0.15) is 5.10 Å². The molecule has 0 aliphatic heterocycles. The Balaban J connectivity index is 2.17. The van der Waals surface area contributed by atoms with E-state index in [4.69, 9.17) is 5.11 Å². The van der Waals surface area contributed by atoms with E-state index in [2.05, 4.69) is 10.2 Å². The SMILES string of the molecule is O=C(O)c1csc(-c2n[nH]c3ccccc23)c1. The van der Waals surface area contributed by atoms with Crippen molar-refractivity contribution in [3.05, 3.63) is 41.3 Å². The van der Waals surface area contributed by atoms with Gasteiger partial charge in [-0.25, -0.2) is 4.79 Å². The molecule has 5 heteroatoms. The molecule has 0 amide bonds. The topological polar surface area (TPSA) is 66.0 Å². The van der Waals surface area contributed by atoms with Gasteiger partial charge in [0.1, 0.15) is 5.69 Å². The minimum Gasteiger partial charge on any atom is -0.478 e. The van der Waals surface area contributed by atoms with Crippen LogP contribution in [0.25, 0.3) is 21.5 Å². The molecule has 2 heterocycles. The molecule has 0 bridgehead atoms. The van der Waals surface area contributed by atoms with Gasteiger partial charge in [0.2, 0.25) is 0 Å². The van der Waals surface area contributed by atoms with E-state index in [1.807, 2.05) is 24.3 Å². The first-order chi connectivity index (χ1) is 8.25. The smallest absolute Gasteiger partial charge is 0.336 e. The average Bonchev–Trinajstić information content (AvgIpc) is 2.95. The van der Waals surface area contributed by atoms with E-state index in [0.29, 0.717) is 5.56 Å². The fourth-order valence-electron chi connectivity index (χ4n) is 1.72. The third kappa shape index (κ3) is 1.60. The van der Waals surface area contributed by atoms with E-state index in [1.165, 1.54) is 11.3 Å². The molecule has 0 aliphatic rings. The molecule has 0 spiro atoms. The van der Waals surface area contributed by atoms with E-state index in [0.717, 1.165) is 21.5 Å². The Morgan fingerprint density at radius 2 is 2.18 bits per heavy atom. The first-order valence-electron chi connectivity index (χ1n) is 5.01. The Hall–Kier alpha value is -2.14. The second-order valence-corrected chi connectivity index (χ2v) is 4.53. The summed E-state index contributed by atoms with van der Waals surface area (Å²) >= 11 is 1.39. The van der Waals surface area contributed by atoms with Gasteiger partial charge in [-0.05, 0) is 12.1 Å². The van der Waals surface area contributed by atoms with Gasteiger partial charge in [0.25, 0.3) is 0 Å². The highest BCUT2D eigenvalue weighted by molar-refractivity contribution is 7.13. The maximum atomic E-state index is 10.8. The molecule has 0 unspecified atom stereocenters. The lowest BCUT2D eigenvalue weighted by Crippen LogP contribution is -1.91. The molecule has 84 valence electrons. The van der Waals surface area contributed by atoms with Crippen molar-refractivity contribution in [2.24, 2.45) is 0 Å². The van der Waals surface area contributed by atoms with Crippen LogP contribution >= 0.6 is 11.3 Å². The summed E-state index contributed by atoms with van der Waals surface area (Å²) in [6.45, 7) is 0. The number of thiophene rings is 1. The maximum Gasteiger partial charge on any atom is 0.336 e. The van der Waals surface area contributed by atoms with Gasteiger partial charge in [0.15, 0.2) is 0 Å². The summed E-state index contributed by atoms with van der Waals surface area (Å²) in [5.41, 5.74) is 2.06. The number of carbonyl (C=O) groups is 1. The standard InChI is InChI=1S/C12H8N2O2S/c15-12(16)7-5-10(17-6-7)11-8-3-1-2-4-9(8)13-14-11/h1-6H,(H,13,14)(H,15,16). The zero-order valence-corrected chi connectivity index (χ0v) is 9.49. The Bertz CT molecular complexity index is 699. The summed E-state index contributed by atoms with van der Waals surface area (Å²) in [5.74, 6) is -0.910. The van der Waals surface area contributed by atoms with Gasteiger partial charge >= 0.3 is 5.97 Å². The number of nitrogens with one attached hydrogen (secondary N) is 1. The molecule has 2 aromatic heterocycles. The Morgan fingerprint density at radius 1 is 1.35 bits per heavy atom. The summed E-state index contributed by atoms with van der Waals surface area (Å²) in [7, 11) is 0. The van der Waals surface area contributed by atoms with Crippen molar-refractivity contribution >= 4 is 28.2 Å². The van der Waals surface area contributed by atoms with E-state index in [-0.39, 0.29) is 0 Å². The lowest BCUT2D eigenvalue weighted by molar-refractivity contribution is 0.0697. The third-order valence-corrected chi connectivity index (χ3v) is 3.49. The lowest BCUT2D eigenvalue weighted by atomic mass is 10.2. The van der Waals surface area contributed by atoms with Crippen molar-refractivity contribution in [1.29, 1.82) is 0 Å². The summed E-state index contributed by atoms with van der Waals surface area (Å²) in [5, 5.41) is 18.7. The van der Waals surface area contributed by atoms with Crippen molar-refractivity contribution in [1.82, 2.24) is 10.2 Å². The largest absolute Gasteiger partial charge is 0.478 e. The Morgan fingerprint density at radius 3 is 2.94 bits per heavy atom. The molecule has 0 aliphatic carbocycles. The Kier molecular flexibility index (Phi) is 2.19. The lowest BCUT2D eigenvalue weighted by Gasteiger charge is -1.91. The third-order valence-electron chi connectivity index (χ3n) is 2.55. The average molecular weight is 244 g/mol. The number of rotatable bonds is 2. The number of aromatic amines is 1. The van der Waals surface area contributed by atoms with Crippen molar-refractivity contribution in [3.8, 4) is 10.6 Å². The summed E-state index contributed by atoms with van der Waals surface area (Å²) in [6, 6.07) is 9.43. The predicted octanol–water partition coefficient (Wildman–Crippen LogP) is 2.99. The number of aromatic nitrogens is 2. The number of carboxylic acid groups (broad SMARTS) is 1. The summed E-state index contributed by atoms with van der Waals surface area (Å²) in [6.07, 6.45) is 0. The number of fused-ring (bicyclic) bond motifs is 1. The second kappa shape index (κ2) is 3.71. The van der Waals surface area contributed by atoms with Crippen LogP contribution in [0.5, 0.6) is 0 Å². The van der Waals surface area contributed by atoms with Crippen molar-refractivity contribution in [2.45, 2.75) is 0 Å². The molecule has 0 radical (unpaired) electrons. The maximum absolute atomic E-state index is 10.8. The highest BCUT2D eigenvalue weighted by Gasteiger charge is 2.12. The van der Waals surface area contributed by atoms with Crippen LogP contribution in [-0.4, -0.2) is 21.3 Å². The van der Waals surface area contributed by atoms with Crippen LogP contribution in [0.2, 0.25) is 0 Å². The molecule has 0 saturated heterocycles. The molecule has 4 nitrogen and oxygen atoms in total. The zero-order valence-electron chi connectivity index (χ0n) is 8.68. The van der Waals surface area contributed by atoms with Gasteiger partial charge in [0, 0.05) is 10.8 Å². The first-order valence-corrected chi connectivity index (χ1v) is 5.89. The first kappa shape index (κ1) is 10.0. The van der Waals surface area contributed by atoms with Crippen LogP contribution in [0.15, 0.2) is 35.7 Å². The molecular formula is C12H8N2O2S. The van der Waals surface area contributed by atoms with Gasteiger partial charge in [-0.1, -0.05) is 18.2 Å². The number of carboxylic acids is 1. The number of hydrogen-bond donors (Lipinski definition) is 2. The van der Waals surface area contributed by atoms with Gasteiger partial charge < -0.3 is 5.11 Å². The molecule has 0 atom stereocenters. The number of H-pyrrole nitrogens is 1. The molecule has 0 fully saturated rings. The monoisotopic (exact) mass is 244 g/mol. The summed E-state index contributed by atoms with van der Waals surface area (Å²) in [4.78, 5) is 11.7. The minimum absolute atomic E-state index is 0.303. The molecule has 1 aromatic carbocycles. The molecule has 17 heavy (non-hydrogen) atoms. The van der Waals surface area contributed by atoms with Crippen LogP contribution < -0.4 is 0 Å². The molecule has 2 N–H and O–H groups in total. The van der Waals surface area contributed by atoms with Crippen LogP contribution in [-0.2, 0) is 0 Å². The fourth-order valence-corrected chi connectivity index (χ4v) is 2.61. The van der Waals surface area contributed by atoms with Crippen LogP contribution in [0, 0.1) is 0 Å². The minimum atomic E-state index is -0.910. The van der Waals surface area contributed by atoms with E-state index in [1.54, 1.807) is 11.4 Å². The summed E-state index contributed by atoms with van der Waals surface area (Å²) < 4.78 is 0. The number of hydrogen-bond acceptors (Lipinski definition) is 3. The number of benzene rings is 1. The van der Waals surface area contributed by atoms with Crippen LogP contribution in [0.1, 0.15) is 10.4 Å². The van der Waals surface area contributed by atoms with Crippen molar-refractivity contribution in [3.63, 3.8) is 0 Å². The molecule has 0 saturated carbocycles. The number of nitrogens with zero attached hydrogens (tertiary/aromatic N) is 1. The highest BCUT2D eigenvalue weighted by Crippen LogP contribution is 2.31. The van der Waals surface area contributed by atoms with E-state index < -0.39 is 5.97 Å². The zero-order chi connectivity index (χ0) is 11.8. The predicted molar refractivity (Wildman–Crippen MR) is 66.4 cm³/mol. The second-order valence-electron chi connectivity index (χ2n) is 3.62. The number of aromatic carboxylic acids is 1. The van der Waals surface area contributed by atoms with Crippen molar-refractivity contribution in [2.75, 3.05) is 0 Å². The molecule has 3 aromatic rings. The van der Waals surface area contributed by atoms with Gasteiger partial charge in [-0.3, -0.25) is 5.10 Å². The fraction of sp³-hybridized carbons (Fsp3) is 0. The quantitative estimate of drug-likeness (QED) is 0.728.